The van der Waals surface area contributed by atoms with Crippen molar-refractivity contribution in [2.24, 2.45) is 5.41 Å². The lowest BCUT2D eigenvalue weighted by Gasteiger charge is -2.18. The quantitative estimate of drug-likeness (QED) is 0.209. The van der Waals surface area contributed by atoms with Crippen LogP contribution in [0.1, 0.15) is 134 Å². The fourth-order valence-electron chi connectivity index (χ4n) is 4.43. The molecule has 252 valence electrons. The third-order valence-corrected chi connectivity index (χ3v) is 8.04. The summed E-state index contributed by atoms with van der Waals surface area (Å²) in [5.74, 6) is 0. The largest absolute Gasteiger partial charge is 0.0602 e. The summed E-state index contributed by atoms with van der Waals surface area (Å²) in [4.78, 5) is 0. The summed E-state index contributed by atoms with van der Waals surface area (Å²) in [6.07, 6.45) is 2.46. The first kappa shape index (κ1) is 40.9. The van der Waals surface area contributed by atoms with E-state index in [2.05, 4.69) is 208 Å². The van der Waals surface area contributed by atoms with Gasteiger partial charge in [0.25, 0.3) is 0 Å². The van der Waals surface area contributed by atoms with Crippen molar-refractivity contribution in [3.8, 4) is 0 Å². The standard InChI is InChI=1S/C13H20.3C11H16/c1-11-5-7-12(8-6-11)9-10-13(2,3)4;3*1-9-5-7-10(8-6-9)11(2,3)4/h5-8H,9-10H2,1-4H3;3*5-8H,1-4H3. The molecule has 4 aromatic carbocycles. The van der Waals surface area contributed by atoms with Crippen molar-refractivity contribution in [3.05, 3.63) is 142 Å². The van der Waals surface area contributed by atoms with Crippen molar-refractivity contribution in [2.75, 3.05) is 0 Å². The van der Waals surface area contributed by atoms with E-state index < -0.39 is 0 Å². The average molecular weight is 621 g/mol. The first-order chi connectivity index (χ1) is 21.0. The zero-order valence-electron chi connectivity index (χ0n) is 32.7. The van der Waals surface area contributed by atoms with Crippen LogP contribution in [0.4, 0.5) is 0 Å². The summed E-state index contributed by atoms with van der Waals surface area (Å²) < 4.78 is 0. The number of hydrogen-bond acceptors (Lipinski definition) is 0. The normalized spacial score (nSPS) is 11.7. The van der Waals surface area contributed by atoms with Crippen LogP contribution >= 0.6 is 0 Å². The maximum atomic E-state index is 2.29. The Morgan fingerprint density at radius 3 is 0.739 bits per heavy atom. The Labute approximate surface area is 286 Å². The summed E-state index contributed by atoms with van der Waals surface area (Å²) in [7, 11) is 0. The summed E-state index contributed by atoms with van der Waals surface area (Å²) in [5, 5.41) is 0. The van der Waals surface area contributed by atoms with Crippen LogP contribution in [0.5, 0.6) is 0 Å². The highest BCUT2D eigenvalue weighted by Crippen LogP contribution is 2.24. The lowest BCUT2D eigenvalue weighted by Crippen LogP contribution is -2.10. The van der Waals surface area contributed by atoms with Crippen LogP contribution in [0.25, 0.3) is 0 Å². The van der Waals surface area contributed by atoms with Crippen molar-refractivity contribution in [1.82, 2.24) is 0 Å². The van der Waals surface area contributed by atoms with Crippen LogP contribution in [0.15, 0.2) is 97.1 Å². The second-order valence-corrected chi connectivity index (χ2v) is 17.4. The Bertz CT molecular complexity index is 1240. The first-order valence-corrected chi connectivity index (χ1v) is 17.2. The SMILES string of the molecule is Cc1ccc(C(C)(C)C)cc1.Cc1ccc(C(C)(C)C)cc1.Cc1ccc(C(C)(C)C)cc1.Cc1ccc(CCC(C)(C)C)cc1. The summed E-state index contributed by atoms with van der Waals surface area (Å²) >= 11 is 0. The minimum atomic E-state index is 0.285. The Kier molecular flexibility index (Phi) is 15.7. The van der Waals surface area contributed by atoms with Crippen molar-refractivity contribution in [2.45, 2.75) is 140 Å². The molecule has 0 saturated carbocycles. The van der Waals surface area contributed by atoms with Crippen molar-refractivity contribution >= 4 is 0 Å². The molecule has 0 aliphatic heterocycles. The number of aryl methyl sites for hydroxylation is 5. The zero-order valence-corrected chi connectivity index (χ0v) is 32.7. The predicted molar refractivity (Wildman–Crippen MR) is 209 cm³/mol. The van der Waals surface area contributed by atoms with E-state index in [-0.39, 0.29) is 16.2 Å². The predicted octanol–water partition coefficient (Wildman–Crippen LogP) is 13.9. The van der Waals surface area contributed by atoms with Gasteiger partial charge in [0.2, 0.25) is 0 Å². The number of hydrogen-bond donors (Lipinski definition) is 0. The molecular formula is C46H68. The highest BCUT2D eigenvalue weighted by molar-refractivity contribution is 5.28. The average Bonchev–Trinajstić information content (AvgIpc) is 2.93. The van der Waals surface area contributed by atoms with Gasteiger partial charge in [0.1, 0.15) is 0 Å². The van der Waals surface area contributed by atoms with Gasteiger partial charge in [-0.25, -0.2) is 0 Å². The zero-order chi connectivity index (χ0) is 35.3. The van der Waals surface area contributed by atoms with Gasteiger partial charge in [0.05, 0.1) is 0 Å². The van der Waals surface area contributed by atoms with Gasteiger partial charge in [-0.1, -0.05) is 202 Å². The molecular weight excluding hydrogens is 553 g/mol. The maximum absolute atomic E-state index is 2.29. The van der Waals surface area contributed by atoms with Crippen molar-refractivity contribution in [3.63, 3.8) is 0 Å². The van der Waals surface area contributed by atoms with Crippen LogP contribution in [0.2, 0.25) is 0 Å². The lowest BCUT2D eigenvalue weighted by atomic mass is 9.87. The molecule has 0 fully saturated rings. The molecule has 0 aliphatic rings. The summed E-state index contributed by atoms with van der Waals surface area (Å²) in [6, 6.07) is 35.1. The van der Waals surface area contributed by atoms with Crippen LogP contribution < -0.4 is 0 Å². The molecule has 0 saturated heterocycles. The van der Waals surface area contributed by atoms with E-state index in [1.54, 1.807) is 0 Å². The van der Waals surface area contributed by atoms with Gasteiger partial charge in [-0.05, 0) is 84.5 Å². The Balaban J connectivity index is 0.000000307. The fourth-order valence-corrected chi connectivity index (χ4v) is 4.43. The second-order valence-electron chi connectivity index (χ2n) is 17.4. The van der Waals surface area contributed by atoms with Gasteiger partial charge < -0.3 is 0 Å². The van der Waals surface area contributed by atoms with E-state index in [9.17, 15) is 0 Å². The Hall–Kier alpha value is -3.12. The van der Waals surface area contributed by atoms with E-state index >= 15 is 0 Å². The molecule has 0 aromatic heterocycles. The Morgan fingerprint density at radius 1 is 0.326 bits per heavy atom. The number of benzene rings is 4. The van der Waals surface area contributed by atoms with E-state index in [0.29, 0.717) is 5.41 Å². The molecule has 0 radical (unpaired) electrons. The van der Waals surface area contributed by atoms with Crippen LogP contribution in [0, 0.1) is 33.1 Å². The van der Waals surface area contributed by atoms with Crippen molar-refractivity contribution < 1.29 is 0 Å². The number of rotatable bonds is 2. The molecule has 46 heavy (non-hydrogen) atoms. The van der Waals surface area contributed by atoms with Crippen LogP contribution in [-0.4, -0.2) is 0 Å². The van der Waals surface area contributed by atoms with Gasteiger partial charge in [-0.15, -0.1) is 0 Å². The molecule has 0 amide bonds. The topological polar surface area (TPSA) is 0 Å². The molecule has 0 bridgehead atoms. The molecule has 4 aromatic rings. The third-order valence-electron chi connectivity index (χ3n) is 8.04. The van der Waals surface area contributed by atoms with Gasteiger partial charge in [-0.2, -0.15) is 0 Å². The van der Waals surface area contributed by atoms with Crippen LogP contribution in [-0.2, 0) is 22.7 Å². The third kappa shape index (κ3) is 17.5. The molecule has 0 aliphatic carbocycles. The molecule has 0 N–H and O–H groups in total. The lowest BCUT2D eigenvalue weighted by molar-refractivity contribution is 0.378. The highest BCUT2D eigenvalue weighted by atomic mass is 14.2. The maximum Gasteiger partial charge on any atom is -0.0132 e. The highest BCUT2D eigenvalue weighted by Gasteiger charge is 2.13. The van der Waals surface area contributed by atoms with Gasteiger partial charge in [0.15, 0.2) is 0 Å². The molecule has 0 atom stereocenters. The molecule has 0 unspecified atom stereocenters. The van der Waals surface area contributed by atoms with E-state index in [1.807, 2.05) is 0 Å². The van der Waals surface area contributed by atoms with Gasteiger partial charge in [0, 0.05) is 0 Å². The van der Waals surface area contributed by atoms with Crippen LogP contribution in [0.3, 0.4) is 0 Å². The van der Waals surface area contributed by atoms with Gasteiger partial charge >= 0.3 is 0 Å². The second kappa shape index (κ2) is 17.7. The first-order valence-electron chi connectivity index (χ1n) is 17.2. The molecule has 0 heteroatoms. The van der Waals surface area contributed by atoms with Crippen molar-refractivity contribution in [1.29, 1.82) is 0 Å². The van der Waals surface area contributed by atoms with E-state index in [4.69, 9.17) is 0 Å². The molecule has 0 spiro atoms. The van der Waals surface area contributed by atoms with E-state index in [0.717, 1.165) is 0 Å². The summed E-state index contributed by atoms with van der Waals surface area (Å²) in [6.45, 7) is 35.5. The Morgan fingerprint density at radius 2 is 0.543 bits per heavy atom. The molecule has 0 nitrogen and oxygen atoms in total. The summed E-state index contributed by atoms with van der Waals surface area (Å²) in [5.41, 5.74) is 12.3. The smallest absolute Gasteiger partial charge is 0.0132 e. The monoisotopic (exact) mass is 621 g/mol. The molecule has 0 heterocycles. The van der Waals surface area contributed by atoms with Gasteiger partial charge in [-0.3, -0.25) is 0 Å². The molecule has 4 rings (SSSR count). The van der Waals surface area contributed by atoms with E-state index in [1.165, 1.54) is 57.3 Å². The minimum absolute atomic E-state index is 0.285. The minimum Gasteiger partial charge on any atom is -0.0602 e. The fraction of sp³-hybridized carbons (Fsp3) is 0.478.